The molecule has 0 spiro atoms. The van der Waals surface area contributed by atoms with Crippen LogP contribution in [0.1, 0.15) is 25.1 Å². The Hall–Kier alpha value is -1.43. The molecule has 1 aromatic heterocycles. The molecule has 0 aromatic carbocycles. The largest absolute Gasteiger partial charge is 0.481 e. The fourth-order valence-electron chi connectivity index (χ4n) is 1.15. The Morgan fingerprint density at radius 1 is 1.47 bits per heavy atom. The first-order valence-electron chi connectivity index (χ1n) is 4.97. The predicted molar refractivity (Wildman–Crippen MR) is 52.4 cm³/mol. The van der Waals surface area contributed by atoms with Crippen LogP contribution in [-0.4, -0.2) is 34.3 Å². The van der Waals surface area contributed by atoms with E-state index in [0.29, 0.717) is 12.2 Å². The van der Waals surface area contributed by atoms with Gasteiger partial charge in [-0.25, -0.2) is 0 Å². The SMILES string of the molecule is O=C(O)CCCCNCCc1ncon1. The highest BCUT2D eigenvalue weighted by molar-refractivity contribution is 5.66. The summed E-state index contributed by atoms with van der Waals surface area (Å²) in [7, 11) is 0. The number of unbranched alkanes of at least 4 members (excludes halogenated alkanes) is 1. The molecule has 1 aromatic rings. The van der Waals surface area contributed by atoms with E-state index in [9.17, 15) is 4.79 Å². The van der Waals surface area contributed by atoms with Gasteiger partial charge in [0.1, 0.15) is 0 Å². The number of aliphatic carboxylic acids is 1. The Morgan fingerprint density at radius 3 is 3.00 bits per heavy atom. The van der Waals surface area contributed by atoms with Gasteiger partial charge in [0.25, 0.3) is 0 Å². The fourth-order valence-corrected chi connectivity index (χ4v) is 1.15. The van der Waals surface area contributed by atoms with E-state index in [1.807, 2.05) is 0 Å². The highest BCUT2D eigenvalue weighted by Crippen LogP contribution is 1.93. The third-order valence-electron chi connectivity index (χ3n) is 1.93. The van der Waals surface area contributed by atoms with Crippen molar-refractivity contribution in [1.82, 2.24) is 15.5 Å². The molecule has 84 valence electrons. The van der Waals surface area contributed by atoms with Crippen molar-refractivity contribution in [2.24, 2.45) is 0 Å². The highest BCUT2D eigenvalue weighted by Gasteiger charge is 1.98. The number of nitrogens with zero attached hydrogens (tertiary/aromatic N) is 2. The van der Waals surface area contributed by atoms with Gasteiger partial charge < -0.3 is 14.9 Å². The second kappa shape index (κ2) is 6.94. The van der Waals surface area contributed by atoms with Gasteiger partial charge >= 0.3 is 5.97 Å². The van der Waals surface area contributed by atoms with E-state index < -0.39 is 5.97 Å². The van der Waals surface area contributed by atoms with Crippen molar-refractivity contribution in [1.29, 1.82) is 0 Å². The lowest BCUT2D eigenvalue weighted by molar-refractivity contribution is -0.137. The fraction of sp³-hybridized carbons (Fsp3) is 0.667. The molecule has 0 bridgehead atoms. The smallest absolute Gasteiger partial charge is 0.303 e. The van der Waals surface area contributed by atoms with Crippen molar-refractivity contribution in [2.45, 2.75) is 25.7 Å². The van der Waals surface area contributed by atoms with Gasteiger partial charge in [-0.2, -0.15) is 4.98 Å². The molecule has 0 saturated heterocycles. The molecule has 0 radical (unpaired) electrons. The zero-order valence-corrected chi connectivity index (χ0v) is 8.48. The molecule has 0 amide bonds. The van der Waals surface area contributed by atoms with Gasteiger partial charge in [-0.15, -0.1) is 0 Å². The molecule has 0 aliphatic heterocycles. The summed E-state index contributed by atoms with van der Waals surface area (Å²) in [6, 6.07) is 0. The zero-order chi connectivity index (χ0) is 10.9. The number of rotatable bonds is 8. The molecule has 0 atom stereocenters. The average Bonchev–Trinajstić information content (AvgIpc) is 2.68. The molecule has 6 heteroatoms. The summed E-state index contributed by atoms with van der Waals surface area (Å²) in [5, 5.41) is 15.2. The first-order chi connectivity index (χ1) is 7.29. The Kier molecular flexibility index (Phi) is 5.39. The van der Waals surface area contributed by atoms with Crippen LogP contribution in [0.25, 0.3) is 0 Å². The van der Waals surface area contributed by atoms with Gasteiger partial charge in [0, 0.05) is 19.4 Å². The van der Waals surface area contributed by atoms with E-state index in [1.165, 1.54) is 6.39 Å². The minimum absolute atomic E-state index is 0.243. The highest BCUT2D eigenvalue weighted by atomic mass is 16.5. The monoisotopic (exact) mass is 213 g/mol. The second-order valence-electron chi connectivity index (χ2n) is 3.20. The Morgan fingerprint density at radius 2 is 2.33 bits per heavy atom. The first kappa shape index (κ1) is 11.6. The van der Waals surface area contributed by atoms with Crippen LogP contribution in [0.5, 0.6) is 0 Å². The maximum Gasteiger partial charge on any atom is 0.303 e. The van der Waals surface area contributed by atoms with Gasteiger partial charge in [0.2, 0.25) is 6.39 Å². The summed E-state index contributed by atoms with van der Waals surface area (Å²) in [4.78, 5) is 14.1. The molecule has 0 saturated carbocycles. The quantitative estimate of drug-likeness (QED) is 0.610. The minimum Gasteiger partial charge on any atom is -0.481 e. The molecule has 0 aliphatic carbocycles. The first-order valence-corrected chi connectivity index (χ1v) is 4.97. The van der Waals surface area contributed by atoms with Crippen molar-refractivity contribution in [2.75, 3.05) is 13.1 Å². The van der Waals surface area contributed by atoms with Crippen molar-refractivity contribution in [3.63, 3.8) is 0 Å². The molecule has 2 N–H and O–H groups in total. The van der Waals surface area contributed by atoms with Gasteiger partial charge in [0.15, 0.2) is 5.82 Å². The third-order valence-corrected chi connectivity index (χ3v) is 1.93. The van der Waals surface area contributed by atoms with Crippen molar-refractivity contribution in [3.8, 4) is 0 Å². The Bertz CT molecular complexity index is 274. The average molecular weight is 213 g/mol. The number of carbonyl (C=O) groups is 1. The number of hydrogen-bond acceptors (Lipinski definition) is 5. The van der Waals surface area contributed by atoms with Crippen molar-refractivity contribution >= 4 is 5.97 Å². The van der Waals surface area contributed by atoms with Gasteiger partial charge in [-0.05, 0) is 19.4 Å². The molecule has 0 aliphatic rings. The number of carboxylic acid groups (broad SMARTS) is 1. The summed E-state index contributed by atoms with van der Waals surface area (Å²) >= 11 is 0. The minimum atomic E-state index is -0.734. The standard InChI is InChI=1S/C9H15N3O3/c13-9(14)3-1-2-5-10-6-4-8-11-7-15-12-8/h7,10H,1-6H2,(H,13,14). The molecule has 6 nitrogen and oxygen atoms in total. The zero-order valence-electron chi connectivity index (χ0n) is 8.48. The van der Waals surface area contributed by atoms with Crippen LogP contribution in [0.4, 0.5) is 0 Å². The van der Waals surface area contributed by atoms with E-state index in [4.69, 9.17) is 5.11 Å². The Labute approximate surface area is 87.7 Å². The van der Waals surface area contributed by atoms with E-state index in [0.717, 1.165) is 25.9 Å². The molecule has 1 heterocycles. The van der Waals surface area contributed by atoms with Gasteiger partial charge in [-0.1, -0.05) is 5.16 Å². The van der Waals surface area contributed by atoms with Crippen LogP contribution < -0.4 is 5.32 Å². The lowest BCUT2D eigenvalue weighted by Gasteiger charge is -2.01. The number of carboxylic acids is 1. The number of hydrogen-bond donors (Lipinski definition) is 2. The third kappa shape index (κ3) is 5.79. The molecule has 0 fully saturated rings. The van der Waals surface area contributed by atoms with E-state index in [2.05, 4.69) is 20.0 Å². The summed E-state index contributed by atoms with van der Waals surface area (Å²) in [6.45, 7) is 1.61. The van der Waals surface area contributed by atoms with Crippen LogP contribution in [0.15, 0.2) is 10.9 Å². The topological polar surface area (TPSA) is 88.2 Å². The van der Waals surface area contributed by atoms with E-state index >= 15 is 0 Å². The van der Waals surface area contributed by atoms with Crippen molar-refractivity contribution < 1.29 is 14.4 Å². The Balaban J connectivity index is 1.87. The van der Waals surface area contributed by atoms with E-state index in [1.54, 1.807) is 0 Å². The lowest BCUT2D eigenvalue weighted by atomic mass is 10.2. The summed E-state index contributed by atoms with van der Waals surface area (Å²) in [5.41, 5.74) is 0. The van der Waals surface area contributed by atoms with Crippen LogP contribution >= 0.6 is 0 Å². The van der Waals surface area contributed by atoms with Gasteiger partial charge in [-0.3, -0.25) is 4.79 Å². The second-order valence-corrected chi connectivity index (χ2v) is 3.20. The van der Waals surface area contributed by atoms with Crippen LogP contribution in [0.2, 0.25) is 0 Å². The number of nitrogens with one attached hydrogen (secondary N) is 1. The van der Waals surface area contributed by atoms with Crippen molar-refractivity contribution in [3.05, 3.63) is 12.2 Å². The summed E-state index contributed by atoms with van der Waals surface area (Å²) < 4.78 is 4.58. The summed E-state index contributed by atoms with van der Waals surface area (Å²) in [6.07, 6.45) is 3.87. The van der Waals surface area contributed by atoms with Crippen LogP contribution in [-0.2, 0) is 11.2 Å². The molecule has 15 heavy (non-hydrogen) atoms. The van der Waals surface area contributed by atoms with Crippen LogP contribution in [0, 0.1) is 0 Å². The number of aromatic nitrogens is 2. The normalized spacial score (nSPS) is 10.4. The lowest BCUT2D eigenvalue weighted by Crippen LogP contribution is -2.19. The maximum atomic E-state index is 10.2. The summed E-state index contributed by atoms with van der Waals surface area (Å²) in [5.74, 6) is -0.0465. The molecular weight excluding hydrogens is 198 g/mol. The molecule has 1 rings (SSSR count). The van der Waals surface area contributed by atoms with E-state index in [-0.39, 0.29) is 6.42 Å². The molecule has 0 unspecified atom stereocenters. The van der Waals surface area contributed by atoms with Crippen LogP contribution in [0.3, 0.4) is 0 Å². The molecular formula is C9H15N3O3. The van der Waals surface area contributed by atoms with Gasteiger partial charge in [0.05, 0.1) is 0 Å². The maximum absolute atomic E-state index is 10.2. The predicted octanol–water partition coefficient (Wildman–Crippen LogP) is 0.457.